The highest BCUT2D eigenvalue weighted by molar-refractivity contribution is 6.29. The molecule has 0 fully saturated rings. The van der Waals surface area contributed by atoms with Gasteiger partial charge in [-0.05, 0) is 12.1 Å². The summed E-state index contributed by atoms with van der Waals surface area (Å²) < 4.78 is 38.7. The third kappa shape index (κ3) is 3.00. The second kappa shape index (κ2) is 5.23. The van der Waals surface area contributed by atoms with Crippen molar-refractivity contribution in [2.45, 2.75) is 0 Å². The van der Waals surface area contributed by atoms with Gasteiger partial charge < -0.3 is 5.32 Å². The normalized spacial score (nSPS) is 10.3. The summed E-state index contributed by atoms with van der Waals surface area (Å²) in [4.78, 5) is 18.9. The van der Waals surface area contributed by atoms with E-state index < -0.39 is 23.4 Å². The minimum absolute atomic E-state index is 0.0511. The predicted molar refractivity (Wildman–Crippen MR) is 61.3 cm³/mol. The van der Waals surface area contributed by atoms with E-state index in [2.05, 4.69) is 15.3 Å². The molecule has 8 heteroatoms. The summed E-state index contributed by atoms with van der Waals surface area (Å²) in [5.41, 5.74) is -0.383. The van der Waals surface area contributed by atoms with Crippen LogP contribution in [0.2, 0.25) is 5.15 Å². The number of nitrogens with zero attached hydrogens (tertiary/aromatic N) is 2. The first-order valence-corrected chi connectivity index (χ1v) is 5.28. The van der Waals surface area contributed by atoms with Crippen molar-refractivity contribution >= 4 is 23.3 Å². The molecule has 0 spiro atoms. The van der Waals surface area contributed by atoms with Crippen LogP contribution < -0.4 is 5.32 Å². The first-order valence-electron chi connectivity index (χ1n) is 4.91. The van der Waals surface area contributed by atoms with Crippen LogP contribution in [-0.2, 0) is 0 Å². The molecule has 0 aliphatic rings. The molecule has 1 N–H and O–H groups in total. The molecule has 4 nitrogen and oxygen atoms in total. The van der Waals surface area contributed by atoms with Gasteiger partial charge in [0.1, 0.15) is 17.3 Å². The molecule has 98 valence electrons. The molecule has 19 heavy (non-hydrogen) atoms. The van der Waals surface area contributed by atoms with Crippen molar-refractivity contribution in [3.05, 3.63) is 52.7 Å². The van der Waals surface area contributed by atoms with Gasteiger partial charge in [-0.15, -0.1) is 0 Å². The summed E-state index contributed by atoms with van der Waals surface area (Å²) in [6, 6.07) is 2.41. The highest BCUT2D eigenvalue weighted by Crippen LogP contribution is 2.15. The quantitative estimate of drug-likeness (QED) is 0.682. The first kappa shape index (κ1) is 13.3. The standard InChI is InChI=1S/C11H5ClF3N3O/c12-8-3-9(17-4-16-8)18-11(19)5-1-6(13)10(15)7(14)2-5/h1-4H,(H,16,17,18,19). The Morgan fingerprint density at radius 1 is 1.11 bits per heavy atom. The Morgan fingerprint density at radius 3 is 2.32 bits per heavy atom. The number of amides is 1. The SMILES string of the molecule is O=C(Nc1cc(Cl)ncn1)c1cc(F)c(F)c(F)c1. The maximum atomic E-state index is 13.0. The molecular weight excluding hydrogens is 283 g/mol. The number of nitrogens with one attached hydrogen (secondary N) is 1. The fourth-order valence-corrected chi connectivity index (χ4v) is 1.42. The van der Waals surface area contributed by atoms with E-state index in [1.54, 1.807) is 0 Å². The van der Waals surface area contributed by atoms with Crippen molar-refractivity contribution in [2.75, 3.05) is 5.32 Å². The molecule has 0 unspecified atom stereocenters. The molecule has 2 rings (SSSR count). The van der Waals surface area contributed by atoms with Crippen molar-refractivity contribution in [2.24, 2.45) is 0 Å². The lowest BCUT2D eigenvalue weighted by atomic mass is 10.2. The zero-order valence-corrected chi connectivity index (χ0v) is 9.88. The van der Waals surface area contributed by atoms with Crippen LogP contribution in [0.1, 0.15) is 10.4 Å². The second-order valence-corrected chi connectivity index (χ2v) is 3.82. The molecule has 0 aliphatic carbocycles. The topological polar surface area (TPSA) is 54.9 Å². The summed E-state index contributed by atoms with van der Waals surface area (Å²) in [7, 11) is 0. The van der Waals surface area contributed by atoms with Crippen LogP contribution in [0.5, 0.6) is 0 Å². The number of rotatable bonds is 2. The first-order chi connectivity index (χ1) is 8.97. The number of anilines is 1. The molecule has 0 saturated carbocycles. The van der Waals surface area contributed by atoms with E-state index in [9.17, 15) is 18.0 Å². The molecule has 0 radical (unpaired) electrons. The summed E-state index contributed by atoms with van der Waals surface area (Å²) in [5.74, 6) is -5.35. The van der Waals surface area contributed by atoms with Crippen molar-refractivity contribution in [1.82, 2.24) is 9.97 Å². The van der Waals surface area contributed by atoms with Crippen LogP contribution in [0.25, 0.3) is 0 Å². The van der Waals surface area contributed by atoms with Crippen molar-refractivity contribution in [3.8, 4) is 0 Å². The highest BCUT2D eigenvalue weighted by atomic mass is 35.5. The Labute approximate surface area is 110 Å². The molecule has 0 atom stereocenters. The van der Waals surface area contributed by atoms with Crippen LogP contribution >= 0.6 is 11.6 Å². The van der Waals surface area contributed by atoms with Gasteiger partial charge in [-0.3, -0.25) is 4.79 Å². The minimum atomic E-state index is -1.64. The lowest BCUT2D eigenvalue weighted by Gasteiger charge is -2.05. The van der Waals surface area contributed by atoms with Gasteiger partial charge in [-0.25, -0.2) is 23.1 Å². The summed E-state index contributed by atoms with van der Waals surface area (Å²) >= 11 is 5.57. The van der Waals surface area contributed by atoms with Gasteiger partial charge >= 0.3 is 0 Å². The highest BCUT2D eigenvalue weighted by Gasteiger charge is 2.15. The Hall–Kier alpha value is -2.15. The Kier molecular flexibility index (Phi) is 3.66. The largest absolute Gasteiger partial charge is 0.306 e. The Bertz CT molecular complexity index is 628. The monoisotopic (exact) mass is 287 g/mol. The predicted octanol–water partition coefficient (Wildman–Crippen LogP) is 2.80. The van der Waals surface area contributed by atoms with E-state index in [1.165, 1.54) is 6.07 Å². The zero-order chi connectivity index (χ0) is 14.0. The summed E-state index contributed by atoms with van der Waals surface area (Å²) in [6.45, 7) is 0. The second-order valence-electron chi connectivity index (χ2n) is 3.43. The molecule has 2 aromatic rings. The molecule has 0 saturated heterocycles. The average molecular weight is 288 g/mol. The van der Waals surface area contributed by atoms with Crippen molar-refractivity contribution < 1.29 is 18.0 Å². The molecule has 1 aromatic heterocycles. The van der Waals surface area contributed by atoms with Gasteiger partial charge in [0.25, 0.3) is 5.91 Å². The maximum Gasteiger partial charge on any atom is 0.257 e. The minimum Gasteiger partial charge on any atom is -0.306 e. The molecule has 1 amide bonds. The van der Waals surface area contributed by atoms with Crippen LogP contribution in [0, 0.1) is 17.5 Å². The van der Waals surface area contributed by atoms with Gasteiger partial charge in [-0.1, -0.05) is 11.6 Å². The van der Waals surface area contributed by atoms with Crippen molar-refractivity contribution in [1.29, 1.82) is 0 Å². The van der Waals surface area contributed by atoms with Crippen LogP contribution in [0.15, 0.2) is 24.5 Å². The van der Waals surface area contributed by atoms with E-state index in [0.29, 0.717) is 12.1 Å². The number of carbonyl (C=O) groups is 1. The van der Waals surface area contributed by atoms with Gasteiger partial charge in [0.15, 0.2) is 17.5 Å². The number of aromatic nitrogens is 2. The molecule has 0 bridgehead atoms. The van der Waals surface area contributed by atoms with Crippen LogP contribution in [0.3, 0.4) is 0 Å². The smallest absolute Gasteiger partial charge is 0.257 e. The van der Waals surface area contributed by atoms with Crippen LogP contribution in [-0.4, -0.2) is 15.9 Å². The third-order valence-corrected chi connectivity index (χ3v) is 2.33. The number of hydrogen-bond acceptors (Lipinski definition) is 3. The van der Waals surface area contributed by atoms with Crippen LogP contribution in [0.4, 0.5) is 19.0 Å². The van der Waals surface area contributed by atoms with E-state index in [4.69, 9.17) is 11.6 Å². The number of benzene rings is 1. The Morgan fingerprint density at radius 2 is 1.74 bits per heavy atom. The lowest BCUT2D eigenvalue weighted by Crippen LogP contribution is -2.14. The molecule has 1 heterocycles. The maximum absolute atomic E-state index is 13.0. The zero-order valence-electron chi connectivity index (χ0n) is 9.12. The van der Waals surface area contributed by atoms with E-state index in [-0.39, 0.29) is 16.5 Å². The lowest BCUT2D eigenvalue weighted by molar-refractivity contribution is 0.102. The fourth-order valence-electron chi connectivity index (χ4n) is 1.28. The van der Waals surface area contributed by atoms with Gasteiger partial charge in [-0.2, -0.15) is 0 Å². The van der Waals surface area contributed by atoms with Gasteiger partial charge in [0, 0.05) is 11.6 Å². The Balaban J connectivity index is 2.25. The van der Waals surface area contributed by atoms with E-state index in [0.717, 1.165) is 6.33 Å². The molecule has 0 aliphatic heterocycles. The molecular formula is C11H5ClF3N3O. The number of halogens is 4. The average Bonchev–Trinajstić information content (AvgIpc) is 2.35. The fraction of sp³-hybridized carbons (Fsp3) is 0. The summed E-state index contributed by atoms with van der Waals surface area (Å²) in [5, 5.41) is 2.33. The number of carbonyl (C=O) groups excluding carboxylic acids is 1. The van der Waals surface area contributed by atoms with Gasteiger partial charge in [0.2, 0.25) is 0 Å². The third-order valence-electron chi connectivity index (χ3n) is 2.12. The van der Waals surface area contributed by atoms with E-state index in [1.807, 2.05) is 0 Å². The molecule has 1 aromatic carbocycles. The number of hydrogen-bond donors (Lipinski definition) is 1. The van der Waals surface area contributed by atoms with Crippen molar-refractivity contribution in [3.63, 3.8) is 0 Å². The summed E-state index contributed by atoms with van der Waals surface area (Å²) in [6.07, 6.45) is 1.10. The van der Waals surface area contributed by atoms with E-state index >= 15 is 0 Å². The van der Waals surface area contributed by atoms with Gasteiger partial charge in [0.05, 0.1) is 0 Å².